The van der Waals surface area contributed by atoms with Gasteiger partial charge in [-0.2, -0.15) is 0 Å². The van der Waals surface area contributed by atoms with Crippen LogP contribution in [0.4, 0.5) is 0 Å². The number of nitrogens with zero attached hydrogens (tertiary/aromatic N) is 1. The van der Waals surface area contributed by atoms with Gasteiger partial charge in [-0.05, 0) is 62.6 Å². The van der Waals surface area contributed by atoms with E-state index in [0.29, 0.717) is 25.1 Å². The second kappa shape index (κ2) is 9.40. The van der Waals surface area contributed by atoms with Gasteiger partial charge in [0, 0.05) is 25.1 Å². The standard InChI is InChI=1S/C22H33NO3/c1-3-18(4-2)22(24)23(19-11-12-19)15-17-8-7-10-20(14-17)26-16-21-9-5-6-13-25-21/h7-8,10,14,18-19,21H,3-6,9,11-13,15-16H2,1-2H3/t21-/m0/s1. The van der Waals surface area contributed by atoms with Crippen LogP contribution in [0.1, 0.15) is 64.4 Å². The molecule has 1 atom stereocenters. The van der Waals surface area contributed by atoms with Crippen molar-refractivity contribution in [3.05, 3.63) is 29.8 Å². The molecule has 1 aromatic carbocycles. The molecule has 0 N–H and O–H groups in total. The molecule has 0 bridgehead atoms. The molecule has 1 heterocycles. The fourth-order valence-corrected chi connectivity index (χ4v) is 3.70. The topological polar surface area (TPSA) is 38.8 Å². The third-order valence-corrected chi connectivity index (χ3v) is 5.57. The second-order valence-electron chi connectivity index (χ2n) is 7.66. The van der Waals surface area contributed by atoms with E-state index >= 15 is 0 Å². The zero-order valence-corrected chi connectivity index (χ0v) is 16.3. The van der Waals surface area contributed by atoms with Crippen LogP contribution in [0.3, 0.4) is 0 Å². The van der Waals surface area contributed by atoms with E-state index in [1.165, 1.54) is 6.42 Å². The maximum atomic E-state index is 12.9. The van der Waals surface area contributed by atoms with Crippen molar-refractivity contribution in [2.24, 2.45) is 5.92 Å². The summed E-state index contributed by atoms with van der Waals surface area (Å²) in [5, 5.41) is 0. The van der Waals surface area contributed by atoms with E-state index in [2.05, 4.69) is 30.9 Å². The van der Waals surface area contributed by atoms with Crippen LogP contribution in [0.25, 0.3) is 0 Å². The Morgan fingerprint density at radius 2 is 2.04 bits per heavy atom. The van der Waals surface area contributed by atoms with E-state index in [9.17, 15) is 4.79 Å². The van der Waals surface area contributed by atoms with E-state index in [-0.39, 0.29) is 12.0 Å². The number of ether oxygens (including phenoxy) is 2. The van der Waals surface area contributed by atoms with E-state index < -0.39 is 0 Å². The van der Waals surface area contributed by atoms with Gasteiger partial charge in [-0.3, -0.25) is 4.79 Å². The minimum atomic E-state index is 0.151. The van der Waals surface area contributed by atoms with E-state index in [1.807, 2.05) is 12.1 Å². The van der Waals surface area contributed by atoms with Crippen molar-refractivity contribution in [3.63, 3.8) is 0 Å². The summed E-state index contributed by atoms with van der Waals surface area (Å²) >= 11 is 0. The van der Waals surface area contributed by atoms with Crippen LogP contribution in [0, 0.1) is 5.92 Å². The van der Waals surface area contributed by atoms with E-state index in [1.54, 1.807) is 0 Å². The lowest BCUT2D eigenvalue weighted by Crippen LogP contribution is -2.37. The minimum absolute atomic E-state index is 0.151. The maximum absolute atomic E-state index is 12.9. The zero-order valence-electron chi connectivity index (χ0n) is 16.3. The molecule has 1 saturated heterocycles. The predicted octanol–water partition coefficient (Wildman–Crippen LogP) is 4.56. The summed E-state index contributed by atoms with van der Waals surface area (Å²) in [4.78, 5) is 15.0. The minimum Gasteiger partial charge on any atom is -0.491 e. The Hall–Kier alpha value is -1.55. The number of carbonyl (C=O) groups excluding carboxylic acids is 1. The molecule has 26 heavy (non-hydrogen) atoms. The van der Waals surface area contributed by atoms with Crippen LogP contribution in [0.15, 0.2) is 24.3 Å². The molecule has 4 heteroatoms. The first kappa shape index (κ1) is 19.2. The summed E-state index contributed by atoms with van der Waals surface area (Å²) in [5.41, 5.74) is 1.15. The highest BCUT2D eigenvalue weighted by molar-refractivity contribution is 5.79. The number of rotatable bonds is 9. The van der Waals surface area contributed by atoms with Crippen LogP contribution in [-0.4, -0.2) is 36.2 Å². The maximum Gasteiger partial charge on any atom is 0.226 e. The van der Waals surface area contributed by atoms with Gasteiger partial charge in [0.25, 0.3) is 0 Å². The van der Waals surface area contributed by atoms with Crippen molar-refractivity contribution in [2.45, 2.75) is 77.5 Å². The predicted molar refractivity (Wildman–Crippen MR) is 103 cm³/mol. The number of amides is 1. The molecule has 144 valence electrons. The van der Waals surface area contributed by atoms with Gasteiger partial charge in [-0.25, -0.2) is 0 Å². The quantitative estimate of drug-likeness (QED) is 0.649. The zero-order chi connectivity index (χ0) is 18.4. The molecule has 1 aromatic rings. The number of hydrogen-bond acceptors (Lipinski definition) is 3. The average Bonchev–Trinajstić information content (AvgIpc) is 3.51. The molecule has 1 saturated carbocycles. The summed E-state index contributed by atoms with van der Waals surface area (Å²) in [7, 11) is 0. The lowest BCUT2D eigenvalue weighted by molar-refractivity contribution is -0.137. The van der Waals surface area contributed by atoms with Gasteiger partial charge >= 0.3 is 0 Å². The molecule has 0 aromatic heterocycles. The summed E-state index contributed by atoms with van der Waals surface area (Å²) in [6.07, 6.45) is 7.80. The monoisotopic (exact) mass is 359 g/mol. The summed E-state index contributed by atoms with van der Waals surface area (Å²) in [5.74, 6) is 1.35. The Labute approximate surface area is 157 Å². The van der Waals surface area contributed by atoms with E-state index in [0.717, 1.165) is 56.4 Å². The highest BCUT2D eigenvalue weighted by Gasteiger charge is 2.34. The SMILES string of the molecule is CCC(CC)C(=O)N(Cc1cccc(OC[C@@H]2CCCCO2)c1)C1CC1. The first-order chi connectivity index (χ1) is 12.7. The molecule has 1 aliphatic carbocycles. The lowest BCUT2D eigenvalue weighted by atomic mass is 10.0. The molecule has 4 nitrogen and oxygen atoms in total. The first-order valence-electron chi connectivity index (χ1n) is 10.3. The molecule has 2 aliphatic rings. The van der Waals surface area contributed by atoms with Gasteiger partial charge < -0.3 is 14.4 Å². The third kappa shape index (κ3) is 5.23. The molecule has 0 spiro atoms. The molecule has 0 radical (unpaired) electrons. The molecular formula is C22H33NO3. The summed E-state index contributed by atoms with van der Waals surface area (Å²) in [6.45, 7) is 6.38. The average molecular weight is 360 g/mol. The number of hydrogen-bond donors (Lipinski definition) is 0. The number of benzene rings is 1. The van der Waals surface area contributed by atoms with Crippen molar-refractivity contribution in [1.29, 1.82) is 0 Å². The van der Waals surface area contributed by atoms with Gasteiger partial charge in [0.2, 0.25) is 5.91 Å². The fraction of sp³-hybridized carbons (Fsp3) is 0.682. The van der Waals surface area contributed by atoms with Gasteiger partial charge in [0.15, 0.2) is 0 Å². The van der Waals surface area contributed by atoms with Crippen LogP contribution >= 0.6 is 0 Å². The Kier molecular flexibility index (Phi) is 6.95. The third-order valence-electron chi connectivity index (χ3n) is 5.57. The van der Waals surface area contributed by atoms with Crippen molar-refractivity contribution in [2.75, 3.05) is 13.2 Å². The van der Waals surface area contributed by atoms with Gasteiger partial charge in [0.1, 0.15) is 12.4 Å². The second-order valence-corrected chi connectivity index (χ2v) is 7.66. The van der Waals surface area contributed by atoms with Crippen LogP contribution < -0.4 is 4.74 Å². The highest BCUT2D eigenvalue weighted by atomic mass is 16.5. The van der Waals surface area contributed by atoms with Gasteiger partial charge in [-0.15, -0.1) is 0 Å². The molecule has 2 fully saturated rings. The Bertz CT molecular complexity index is 575. The molecular weight excluding hydrogens is 326 g/mol. The van der Waals surface area contributed by atoms with Crippen molar-refractivity contribution in [1.82, 2.24) is 4.90 Å². The number of carbonyl (C=O) groups is 1. The normalized spacial score (nSPS) is 20.2. The summed E-state index contributed by atoms with van der Waals surface area (Å²) in [6, 6.07) is 8.64. The molecule has 1 amide bonds. The van der Waals surface area contributed by atoms with E-state index in [4.69, 9.17) is 9.47 Å². The van der Waals surface area contributed by atoms with Crippen molar-refractivity contribution in [3.8, 4) is 5.75 Å². The highest BCUT2D eigenvalue weighted by Crippen LogP contribution is 2.31. The molecule has 1 aliphatic heterocycles. The smallest absolute Gasteiger partial charge is 0.226 e. The fourth-order valence-electron chi connectivity index (χ4n) is 3.70. The first-order valence-corrected chi connectivity index (χ1v) is 10.3. The van der Waals surface area contributed by atoms with Crippen LogP contribution in [0.2, 0.25) is 0 Å². The Balaban J connectivity index is 1.60. The van der Waals surface area contributed by atoms with Crippen LogP contribution in [0.5, 0.6) is 5.75 Å². The van der Waals surface area contributed by atoms with Gasteiger partial charge in [0.05, 0.1) is 6.10 Å². The summed E-state index contributed by atoms with van der Waals surface area (Å²) < 4.78 is 11.7. The molecule has 0 unspecified atom stereocenters. The van der Waals surface area contributed by atoms with Crippen molar-refractivity contribution >= 4 is 5.91 Å². The Morgan fingerprint density at radius 1 is 1.23 bits per heavy atom. The van der Waals surface area contributed by atoms with Gasteiger partial charge in [-0.1, -0.05) is 26.0 Å². The Morgan fingerprint density at radius 3 is 2.69 bits per heavy atom. The largest absolute Gasteiger partial charge is 0.491 e. The molecule has 3 rings (SSSR count). The van der Waals surface area contributed by atoms with Crippen molar-refractivity contribution < 1.29 is 14.3 Å². The van der Waals surface area contributed by atoms with Crippen LogP contribution in [-0.2, 0) is 16.1 Å². The lowest BCUT2D eigenvalue weighted by Gasteiger charge is -2.27.